The number of H-pyrrole nitrogens is 1. The van der Waals surface area contributed by atoms with E-state index in [0.29, 0.717) is 4.88 Å². The summed E-state index contributed by atoms with van der Waals surface area (Å²) in [5.74, 6) is -1.69. The number of hydrogen-bond donors (Lipinski definition) is 2. The van der Waals surface area contributed by atoms with E-state index in [0.717, 1.165) is 21.4 Å². The van der Waals surface area contributed by atoms with Crippen molar-refractivity contribution in [2.24, 2.45) is 7.05 Å². The number of ketones is 1. The van der Waals surface area contributed by atoms with Gasteiger partial charge in [0.1, 0.15) is 16.3 Å². The second kappa shape index (κ2) is 6.83. The number of esters is 1. The SMILES string of the molecule is CCc1sc(C(=O)OCC(=O)c2c(N)n(C)c(=O)[nH]c2=O)cc1C. The zero-order chi connectivity index (χ0) is 18.0. The third-order valence-electron chi connectivity index (χ3n) is 3.53. The van der Waals surface area contributed by atoms with Crippen LogP contribution in [0.25, 0.3) is 0 Å². The average Bonchev–Trinajstić information content (AvgIpc) is 2.91. The Morgan fingerprint density at radius 2 is 2.04 bits per heavy atom. The molecule has 8 nitrogen and oxygen atoms in total. The first-order valence-corrected chi connectivity index (χ1v) is 7.96. The maximum atomic E-state index is 12.1. The topological polar surface area (TPSA) is 124 Å². The molecule has 0 bridgehead atoms. The number of nitrogen functional groups attached to an aromatic ring is 1. The van der Waals surface area contributed by atoms with Crippen molar-refractivity contribution in [2.75, 3.05) is 12.3 Å². The molecule has 3 N–H and O–H groups in total. The first-order chi connectivity index (χ1) is 11.3. The van der Waals surface area contributed by atoms with Gasteiger partial charge < -0.3 is 10.5 Å². The fraction of sp³-hybridized carbons (Fsp3) is 0.333. The molecule has 0 saturated heterocycles. The molecule has 9 heteroatoms. The fourth-order valence-electron chi connectivity index (χ4n) is 2.15. The third kappa shape index (κ3) is 3.30. The number of thiophene rings is 1. The lowest BCUT2D eigenvalue weighted by Gasteiger charge is -2.07. The van der Waals surface area contributed by atoms with Crippen LogP contribution in [0.15, 0.2) is 15.7 Å². The summed E-state index contributed by atoms with van der Waals surface area (Å²) in [5, 5.41) is 0. The summed E-state index contributed by atoms with van der Waals surface area (Å²) in [7, 11) is 1.32. The smallest absolute Gasteiger partial charge is 0.348 e. The Bertz CT molecular complexity index is 922. The molecule has 0 aromatic carbocycles. The summed E-state index contributed by atoms with van der Waals surface area (Å²) in [6, 6.07) is 1.70. The van der Waals surface area contributed by atoms with Crippen molar-refractivity contribution in [3.8, 4) is 0 Å². The van der Waals surface area contributed by atoms with E-state index in [4.69, 9.17) is 10.5 Å². The monoisotopic (exact) mass is 351 g/mol. The van der Waals surface area contributed by atoms with Crippen LogP contribution in [0.5, 0.6) is 0 Å². The molecule has 0 atom stereocenters. The number of ether oxygens (including phenoxy) is 1. The number of carbonyl (C=O) groups is 2. The minimum atomic E-state index is -0.906. The standard InChI is InChI=1S/C15H17N3O5S/c1-4-9-7(2)5-10(24-9)14(21)23-6-8(19)11-12(16)18(3)15(22)17-13(11)20/h5H,4,6,16H2,1-3H3,(H,17,20,22). The largest absolute Gasteiger partial charge is 0.453 e. The molecule has 0 aliphatic rings. The number of Topliss-reactive ketones (excluding diaryl/α,β-unsaturated/α-hetero) is 1. The van der Waals surface area contributed by atoms with E-state index in [1.54, 1.807) is 6.07 Å². The number of nitrogens with zero attached hydrogens (tertiary/aromatic N) is 1. The van der Waals surface area contributed by atoms with Crippen LogP contribution in [-0.4, -0.2) is 27.9 Å². The van der Waals surface area contributed by atoms with Gasteiger partial charge in [0.25, 0.3) is 5.56 Å². The maximum Gasteiger partial charge on any atom is 0.348 e. The number of aryl methyl sites for hydroxylation is 2. The molecule has 0 amide bonds. The van der Waals surface area contributed by atoms with Gasteiger partial charge in [-0.05, 0) is 25.0 Å². The maximum absolute atomic E-state index is 12.1. The highest BCUT2D eigenvalue weighted by Gasteiger charge is 2.21. The van der Waals surface area contributed by atoms with Crippen molar-refractivity contribution in [2.45, 2.75) is 20.3 Å². The third-order valence-corrected chi connectivity index (χ3v) is 4.89. The molecule has 2 aromatic heterocycles. The first kappa shape index (κ1) is 17.7. The van der Waals surface area contributed by atoms with E-state index >= 15 is 0 Å². The highest BCUT2D eigenvalue weighted by molar-refractivity contribution is 7.14. The Kier molecular flexibility index (Phi) is 5.03. The van der Waals surface area contributed by atoms with Crippen molar-refractivity contribution in [1.29, 1.82) is 0 Å². The van der Waals surface area contributed by atoms with Gasteiger partial charge in [0, 0.05) is 11.9 Å². The van der Waals surface area contributed by atoms with Crippen molar-refractivity contribution >= 4 is 28.9 Å². The van der Waals surface area contributed by atoms with Crippen molar-refractivity contribution in [3.63, 3.8) is 0 Å². The Morgan fingerprint density at radius 3 is 2.62 bits per heavy atom. The molecule has 0 aliphatic heterocycles. The number of nitrogens with two attached hydrogens (primary N) is 1. The van der Waals surface area contributed by atoms with Gasteiger partial charge >= 0.3 is 11.7 Å². The van der Waals surface area contributed by atoms with E-state index in [9.17, 15) is 19.2 Å². The average molecular weight is 351 g/mol. The lowest BCUT2D eigenvalue weighted by Crippen LogP contribution is -2.35. The summed E-state index contributed by atoms with van der Waals surface area (Å²) >= 11 is 1.30. The van der Waals surface area contributed by atoms with E-state index < -0.39 is 35.2 Å². The quantitative estimate of drug-likeness (QED) is 0.601. The second-order valence-corrected chi connectivity index (χ2v) is 6.28. The molecular weight excluding hydrogens is 334 g/mol. The second-order valence-electron chi connectivity index (χ2n) is 5.15. The molecule has 2 heterocycles. The van der Waals surface area contributed by atoms with Crippen LogP contribution in [-0.2, 0) is 18.2 Å². The van der Waals surface area contributed by atoms with Gasteiger partial charge in [-0.15, -0.1) is 11.3 Å². The highest BCUT2D eigenvalue weighted by Crippen LogP contribution is 2.23. The number of carbonyl (C=O) groups excluding carboxylic acids is 2. The predicted molar refractivity (Wildman–Crippen MR) is 89.8 cm³/mol. The van der Waals surface area contributed by atoms with Crippen molar-refractivity contribution in [1.82, 2.24) is 9.55 Å². The van der Waals surface area contributed by atoms with Crippen molar-refractivity contribution in [3.05, 3.63) is 47.8 Å². The summed E-state index contributed by atoms with van der Waals surface area (Å²) in [6.45, 7) is 3.23. The van der Waals surface area contributed by atoms with Crippen LogP contribution in [0.3, 0.4) is 0 Å². The van der Waals surface area contributed by atoms with Gasteiger partial charge in [0.2, 0.25) is 5.78 Å². The lowest BCUT2D eigenvalue weighted by atomic mass is 10.2. The Hall–Kier alpha value is -2.68. The normalized spacial score (nSPS) is 10.6. The molecule has 0 fully saturated rings. The molecule has 0 spiro atoms. The van der Waals surface area contributed by atoms with Crippen molar-refractivity contribution < 1.29 is 14.3 Å². The Balaban J connectivity index is 2.16. The summed E-state index contributed by atoms with van der Waals surface area (Å²) < 4.78 is 5.90. The fourth-order valence-corrected chi connectivity index (χ4v) is 3.16. The van der Waals surface area contributed by atoms with Gasteiger partial charge in [-0.1, -0.05) is 6.92 Å². The van der Waals surface area contributed by atoms with Gasteiger partial charge in [-0.25, -0.2) is 9.59 Å². The Labute approximate surface area is 140 Å². The molecule has 24 heavy (non-hydrogen) atoms. The minimum Gasteiger partial charge on any atom is -0.453 e. The van der Waals surface area contributed by atoms with Crippen LogP contribution in [0, 0.1) is 6.92 Å². The molecule has 0 unspecified atom stereocenters. The van der Waals surface area contributed by atoms with Gasteiger partial charge in [0.15, 0.2) is 6.61 Å². The lowest BCUT2D eigenvalue weighted by molar-refractivity contribution is 0.0479. The zero-order valence-corrected chi connectivity index (χ0v) is 14.3. The van der Waals surface area contributed by atoms with E-state index in [1.807, 2.05) is 18.8 Å². The number of rotatable bonds is 5. The summed E-state index contributed by atoms with van der Waals surface area (Å²) in [6.07, 6.45) is 0.798. The number of aromatic amines is 1. The number of anilines is 1. The summed E-state index contributed by atoms with van der Waals surface area (Å²) in [5.41, 5.74) is 4.58. The first-order valence-electron chi connectivity index (χ1n) is 7.14. The predicted octanol–water partition coefficient (Wildman–Crippen LogP) is 0.628. The van der Waals surface area contributed by atoms with Gasteiger partial charge in [-0.3, -0.25) is 19.1 Å². The molecule has 0 radical (unpaired) electrons. The van der Waals surface area contributed by atoms with E-state index in [-0.39, 0.29) is 5.82 Å². The molecule has 128 valence electrons. The highest BCUT2D eigenvalue weighted by atomic mass is 32.1. The zero-order valence-electron chi connectivity index (χ0n) is 13.5. The van der Waals surface area contributed by atoms with Crippen LogP contribution < -0.4 is 17.0 Å². The van der Waals surface area contributed by atoms with Gasteiger partial charge in [0.05, 0.1) is 0 Å². The Morgan fingerprint density at radius 1 is 1.38 bits per heavy atom. The van der Waals surface area contributed by atoms with Gasteiger partial charge in [-0.2, -0.15) is 0 Å². The number of nitrogens with one attached hydrogen (secondary N) is 1. The molecule has 2 rings (SSSR count). The molecule has 2 aromatic rings. The van der Waals surface area contributed by atoms with Crippen LogP contribution in [0.1, 0.15) is 37.4 Å². The number of hydrogen-bond acceptors (Lipinski definition) is 7. The van der Waals surface area contributed by atoms with Crippen LogP contribution in [0.4, 0.5) is 5.82 Å². The molecule has 0 aliphatic carbocycles. The van der Waals surface area contributed by atoms with Crippen LogP contribution in [0.2, 0.25) is 0 Å². The van der Waals surface area contributed by atoms with E-state index in [1.165, 1.54) is 18.4 Å². The minimum absolute atomic E-state index is 0.273. The molecular formula is C15H17N3O5S. The van der Waals surface area contributed by atoms with E-state index in [2.05, 4.69) is 0 Å². The van der Waals surface area contributed by atoms with Crippen LogP contribution >= 0.6 is 11.3 Å². The summed E-state index contributed by atoms with van der Waals surface area (Å²) in [4.78, 5) is 50.7. The molecule has 0 saturated carbocycles. The number of aromatic nitrogens is 2.